The van der Waals surface area contributed by atoms with E-state index in [1.807, 2.05) is 4.90 Å². The summed E-state index contributed by atoms with van der Waals surface area (Å²) in [5.41, 5.74) is -1.67. The van der Waals surface area contributed by atoms with Crippen LogP contribution in [0.4, 0.5) is 0 Å². The lowest BCUT2D eigenvalue weighted by atomic mass is 10.0. The summed E-state index contributed by atoms with van der Waals surface area (Å²) in [6.07, 6.45) is 2.14. The van der Waals surface area contributed by atoms with Crippen molar-refractivity contribution in [2.75, 3.05) is 26.7 Å². The number of aliphatic hydroxyl groups is 1. The Kier molecular flexibility index (Phi) is 4.07. The van der Waals surface area contributed by atoms with Crippen molar-refractivity contribution < 1.29 is 19.7 Å². The van der Waals surface area contributed by atoms with Gasteiger partial charge in [0.25, 0.3) is 0 Å². The summed E-state index contributed by atoms with van der Waals surface area (Å²) in [4.78, 5) is 12.7. The third-order valence-corrected chi connectivity index (χ3v) is 2.79. The predicted molar refractivity (Wildman–Crippen MR) is 54.7 cm³/mol. The Labute approximate surface area is 89.6 Å². The highest BCUT2D eigenvalue weighted by Gasteiger charge is 2.33. The van der Waals surface area contributed by atoms with Crippen molar-refractivity contribution >= 4 is 5.97 Å². The van der Waals surface area contributed by atoms with E-state index in [0.717, 1.165) is 19.4 Å². The van der Waals surface area contributed by atoms with Gasteiger partial charge >= 0.3 is 5.97 Å². The molecule has 88 valence electrons. The minimum Gasteiger partial charge on any atom is -0.479 e. The third-order valence-electron chi connectivity index (χ3n) is 2.79. The van der Waals surface area contributed by atoms with Gasteiger partial charge in [-0.1, -0.05) is 0 Å². The van der Waals surface area contributed by atoms with Crippen LogP contribution in [0.3, 0.4) is 0 Å². The second-order valence-electron chi connectivity index (χ2n) is 4.31. The van der Waals surface area contributed by atoms with Crippen molar-refractivity contribution in [3.63, 3.8) is 0 Å². The van der Waals surface area contributed by atoms with Gasteiger partial charge < -0.3 is 14.9 Å². The molecule has 0 radical (unpaired) electrons. The molecule has 1 saturated heterocycles. The number of nitrogens with zero attached hydrogens (tertiary/aromatic N) is 1. The van der Waals surface area contributed by atoms with Gasteiger partial charge in [-0.3, -0.25) is 4.90 Å². The summed E-state index contributed by atoms with van der Waals surface area (Å²) in [5, 5.41) is 18.4. The number of β-amino-alcohol motifs (C(OH)–C–C–N with tert-alkyl or cyclic N) is 1. The molecule has 0 saturated carbocycles. The van der Waals surface area contributed by atoms with Crippen LogP contribution in [-0.2, 0) is 9.53 Å². The second kappa shape index (κ2) is 4.92. The number of ether oxygens (including phenoxy) is 1. The van der Waals surface area contributed by atoms with Gasteiger partial charge in [0.2, 0.25) is 0 Å². The molecule has 0 aromatic carbocycles. The van der Waals surface area contributed by atoms with Crippen LogP contribution >= 0.6 is 0 Å². The van der Waals surface area contributed by atoms with E-state index < -0.39 is 11.6 Å². The van der Waals surface area contributed by atoms with E-state index >= 15 is 0 Å². The summed E-state index contributed by atoms with van der Waals surface area (Å²) in [6, 6.07) is 0. The molecule has 2 unspecified atom stereocenters. The molecule has 5 nitrogen and oxygen atoms in total. The van der Waals surface area contributed by atoms with Crippen LogP contribution in [0.15, 0.2) is 0 Å². The number of carboxylic acids is 1. The molecule has 1 heterocycles. The van der Waals surface area contributed by atoms with Gasteiger partial charge in [0.15, 0.2) is 5.60 Å². The van der Waals surface area contributed by atoms with Crippen molar-refractivity contribution in [2.45, 2.75) is 31.5 Å². The maximum Gasteiger partial charge on any atom is 0.336 e. The van der Waals surface area contributed by atoms with E-state index in [9.17, 15) is 9.90 Å². The zero-order valence-electron chi connectivity index (χ0n) is 9.27. The molecule has 0 aromatic rings. The number of aliphatic carboxylic acids is 1. The molecule has 0 aromatic heterocycles. The highest BCUT2D eigenvalue weighted by atomic mass is 16.5. The Morgan fingerprint density at radius 1 is 1.67 bits per heavy atom. The van der Waals surface area contributed by atoms with E-state index in [2.05, 4.69) is 0 Å². The molecular weight excluding hydrogens is 198 g/mol. The minimum atomic E-state index is -1.67. The lowest BCUT2D eigenvalue weighted by Gasteiger charge is -2.35. The number of likely N-dealkylation sites (tertiary alicyclic amines) is 1. The first-order valence-electron chi connectivity index (χ1n) is 5.16. The fourth-order valence-electron chi connectivity index (χ4n) is 1.85. The van der Waals surface area contributed by atoms with Crippen molar-refractivity contribution in [3.8, 4) is 0 Å². The van der Waals surface area contributed by atoms with Gasteiger partial charge in [0, 0.05) is 20.2 Å². The number of methoxy groups -OCH3 is 1. The molecule has 0 bridgehead atoms. The zero-order chi connectivity index (χ0) is 11.5. The van der Waals surface area contributed by atoms with Crippen molar-refractivity contribution in [1.29, 1.82) is 0 Å². The Morgan fingerprint density at radius 3 is 2.87 bits per heavy atom. The van der Waals surface area contributed by atoms with E-state index in [-0.39, 0.29) is 12.6 Å². The fraction of sp³-hybridized carbons (Fsp3) is 0.900. The Balaban J connectivity index is 2.47. The molecule has 5 heteroatoms. The van der Waals surface area contributed by atoms with Gasteiger partial charge in [0.05, 0.1) is 6.10 Å². The highest BCUT2D eigenvalue weighted by Crippen LogP contribution is 2.15. The molecule has 0 aliphatic carbocycles. The number of carboxylic acid groups (broad SMARTS) is 1. The van der Waals surface area contributed by atoms with Gasteiger partial charge in [-0.25, -0.2) is 4.79 Å². The monoisotopic (exact) mass is 217 g/mol. The van der Waals surface area contributed by atoms with Crippen LogP contribution in [0.1, 0.15) is 19.8 Å². The van der Waals surface area contributed by atoms with Gasteiger partial charge in [0.1, 0.15) is 0 Å². The van der Waals surface area contributed by atoms with Gasteiger partial charge in [-0.05, 0) is 26.3 Å². The topological polar surface area (TPSA) is 70.0 Å². The summed E-state index contributed by atoms with van der Waals surface area (Å²) < 4.78 is 5.23. The molecule has 15 heavy (non-hydrogen) atoms. The number of piperidine rings is 1. The van der Waals surface area contributed by atoms with E-state index in [1.165, 1.54) is 6.92 Å². The third kappa shape index (κ3) is 3.44. The summed E-state index contributed by atoms with van der Waals surface area (Å²) in [5.74, 6) is -1.18. The van der Waals surface area contributed by atoms with E-state index in [4.69, 9.17) is 9.84 Å². The summed E-state index contributed by atoms with van der Waals surface area (Å²) >= 11 is 0. The predicted octanol–water partition coefficient (Wildman–Crippen LogP) is -0.0672. The second-order valence-corrected chi connectivity index (χ2v) is 4.31. The average molecular weight is 217 g/mol. The molecule has 1 rings (SSSR count). The number of rotatable bonds is 4. The number of hydrogen-bond donors (Lipinski definition) is 2. The Morgan fingerprint density at radius 2 is 2.33 bits per heavy atom. The largest absolute Gasteiger partial charge is 0.479 e. The van der Waals surface area contributed by atoms with Crippen LogP contribution in [0.5, 0.6) is 0 Å². The molecule has 2 atom stereocenters. The first-order chi connectivity index (χ1) is 6.95. The summed E-state index contributed by atoms with van der Waals surface area (Å²) in [6.45, 7) is 3.00. The molecule has 0 spiro atoms. The Bertz CT molecular complexity index is 229. The zero-order valence-corrected chi connectivity index (χ0v) is 9.27. The van der Waals surface area contributed by atoms with Crippen LogP contribution in [0.25, 0.3) is 0 Å². The average Bonchev–Trinajstić information content (AvgIpc) is 2.17. The smallest absolute Gasteiger partial charge is 0.336 e. The molecule has 1 aliphatic heterocycles. The standard InChI is InChI=1S/C10H19NO4/c1-10(14,9(12)13)7-11-5-3-4-8(6-11)15-2/h8,14H,3-7H2,1-2H3,(H,12,13). The van der Waals surface area contributed by atoms with Crippen molar-refractivity contribution in [3.05, 3.63) is 0 Å². The number of carbonyl (C=O) groups is 1. The molecule has 2 N–H and O–H groups in total. The van der Waals surface area contributed by atoms with Gasteiger partial charge in [-0.15, -0.1) is 0 Å². The molecule has 1 fully saturated rings. The van der Waals surface area contributed by atoms with Crippen LogP contribution in [0, 0.1) is 0 Å². The van der Waals surface area contributed by atoms with E-state index in [1.54, 1.807) is 7.11 Å². The SMILES string of the molecule is COC1CCCN(CC(C)(O)C(=O)O)C1. The maximum atomic E-state index is 10.7. The number of hydrogen-bond acceptors (Lipinski definition) is 4. The molecular formula is C10H19NO4. The highest BCUT2D eigenvalue weighted by molar-refractivity contribution is 5.76. The van der Waals surface area contributed by atoms with Crippen LogP contribution in [0.2, 0.25) is 0 Å². The lowest BCUT2D eigenvalue weighted by Crippen LogP contribution is -2.50. The van der Waals surface area contributed by atoms with Gasteiger partial charge in [-0.2, -0.15) is 0 Å². The normalized spacial score (nSPS) is 27.3. The quantitative estimate of drug-likeness (QED) is 0.690. The van der Waals surface area contributed by atoms with Crippen molar-refractivity contribution in [2.24, 2.45) is 0 Å². The van der Waals surface area contributed by atoms with Crippen molar-refractivity contribution in [1.82, 2.24) is 4.90 Å². The summed E-state index contributed by atoms with van der Waals surface area (Å²) in [7, 11) is 1.66. The Hall–Kier alpha value is -0.650. The minimum absolute atomic E-state index is 0.155. The molecule has 0 amide bonds. The first-order valence-corrected chi connectivity index (χ1v) is 5.16. The first kappa shape index (κ1) is 12.4. The van der Waals surface area contributed by atoms with E-state index in [0.29, 0.717) is 6.54 Å². The lowest BCUT2D eigenvalue weighted by molar-refractivity contribution is -0.159. The fourth-order valence-corrected chi connectivity index (χ4v) is 1.85. The van der Waals surface area contributed by atoms with Crippen LogP contribution < -0.4 is 0 Å². The maximum absolute atomic E-state index is 10.7. The molecule has 1 aliphatic rings. The van der Waals surface area contributed by atoms with Crippen LogP contribution in [-0.4, -0.2) is 59.5 Å².